The van der Waals surface area contributed by atoms with E-state index >= 15 is 0 Å². The molecule has 0 radical (unpaired) electrons. The van der Waals surface area contributed by atoms with Crippen LogP contribution >= 0.6 is 11.6 Å². The summed E-state index contributed by atoms with van der Waals surface area (Å²) in [5.74, 6) is 0.109. The molecule has 0 N–H and O–H groups in total. The van der Waals surface area contributed by atoms with Crippen molar-refractivity contribution in [2.45, 2.75) is 38.5 Å². The maximum absolute atomic E-state index is 13.0. The first-order valence-electron chi connectivity index (χ1n) is 9.16. The van der Waals surface area contributed by atoms with Crippen molar-refractivity contribution in [2.75, 3.05) is 0 Å². The molecule has 2 heterocycles. The monoisotopic (exact) mass is 436 g/mol. The molecule has 0 saturated heterocycles. The first-order chi connectivity index (χ1) is 14.2. The van der Waals surface area contributed by atoms with E-state index in [1.165, 1.54) is 11.8 Å². The highest BCUT2D eigenvalue weighted by atomic mass is 35.5. The Morgan fingerprint density at radius 1 is 1.17 bits per heavy atom. The number of carbonyl (C=O) groups excluding carboxylic acids is 1. The molecule has 2 aromatic heterocycles. The van der Waals surface area contributed by atoms with Gasteiger partial charge in [0.15, 0.2) is 0 Å². The zero-order valence-corrected chi connectivity index (χ0v) is 16.5. The number of aromatic nitrogens is 3. The van der Waals surface area contributed by atoms with Gasteiger partial charge >= 0.3 is 6.18 Å². The normalized spacial score (nSPS) is 14.0. The molecular weight excluding hydrogens is 421 g/mol. The largest absolute Gasteiger partial charge is 0.433 e. The Bertz CT molecular complexity index is 1080. The minimum absolute atomic E-state index is 0.0212. The van der Waals surface area contributed by atoms with E-state index in [0.29, 0.717) is 10.6 Å². The van der Waals surface area contributed by atoms with Crippen molar-refractivity contribution in [2.24, 2.45) is 0 Å². The van der Waals surface area contributed by atoms with Crippen LogP contribution in [-0.2, 0) is 12.7 Å². The molecule has 0 bridgehead atoms. The average Bonchev–Trinajstić information content (AvgIpc) is 3.43. The standard InChI is InChI=1S/C20H16ClF3N4O2/c1-11-15(8-9-16(25-11)20(22,23)24)19(29)28(14-6-7-14)10-17-26-27-18(30-17)12-2-4-13(21)5-3-12/h2-5,8-9,14H,6-7,10H2,1H3. The SMILES string of the molecule is Cc1nc(C(F)(F)F)ccc1C(=O)N(Cc1nnc(-c2ccc(Cl)cc2)o1)C1CC1. The third kappa shape index (κ3) is 4.30. The molecule has 1 amide bonds. The second-order valence-corrected chi connectivity index (χ2v) is 7.44. The highest BCUT2D eigenvalue weighted by molar-refractivity contribution is 6.30. The van der Waals surface area contributed by atoms with Gasteiger partial charge in [-0.05, 0) is 56.2 Å². The molecular formula is C20H16ClF3N4O2. The number of halogens is 4. The van der Waals surface area contributed by atoms with E-state index < -0.39 is 17.8 Å². The lowest BCUT2D eigenvalue weighted by molar-refractivity contribution is -0.141. The number of rotatable bonds is 5. The van der Waals surface area contributed by atoms with E-state index in [1.54, 1.807) is 24.3 Å². The summed E-state index contributed by atoms with van der Waals surface area (Å²) in [5, 5.41) is 8.58. The second-order valence-electron chi connectivity index (χ2n) is 7.00. The molecule has 0 spiro atoms. The van der Waals surface area contributed by atoms with Gasteiger partial charge in [0.25, 0.3) is 5.91 Å². The molecule has 0 atom stereocenters. The quantitative estimate of drug-likeness (QED) is 0.568. The maximum Gasteiger partial charge on any atom is 0.433 e. The first kappa shape index (κ1) is 20.3. The molecule has 1 saturated carbocycles. The highest BCUT2D eigenvalue weighted by Gasteiger charge is 2.37. The van der Waals surface area contributed by atoms with Crippen LogP contribution < -0.4 is 0 Å². The van der Waals surface area contributed by atoms with Crippen LogP contribution in [0.15, 0.2) is 40.8 Å². The number of benzene rings is 1. The van der Waals surface area contributed by atoms with Crippen molar-refractivity contribution < 1.29 is 22.4 Å². The van der Waals surface area contributed by atoms with Crippen LogP contribution in [0.25, 0.3) is 11.5 Å². The number of amides is 1. The molecule has 10 heteroatoms. The molecule has 1 fully saturated rings. The number of pyridine rings is 1. The fourth-order valence-electron chi connectivity index (χ4n) is 3.02. The molecule has 4 rings (SSSR count). The molecule has 3 aromatic rings. The average molecular weight is 437 g/mol. The fraction of sp³-hybridized carbons (Fsp3) is 0.300. The van der Waals surface area contributed by atoms with Gasteiger partial charge in [0.05, 0.1) is 17.8 Å². The summed E-state index contributed by atoms with van der Waals surface area (Å²) in [6.07, 6.45) is -2.96. The summed E-state index contributed by atoms with van der Waals surface area (Å²) in [4.78, 5) is 18.1. The summed E-state index contributed by atoms with van der Waals surface area (Å²) >= 11 is 5.88. The van der Waals surface area contributed by atoms with E-state index in [-0.39, 0.29) is 35.6 Å². The molecule has 1 aromatic carbocycles. The number of nitrogens with zero attached hydrogens (tertiary/aromatic N) is 4. The molecule has 6 nitrogen and oxygen atoms in total. The van der Waals surface area contributed by atoms with Gasteiger partial charge in [-0.1, -0.05) is 11.6 Å². The van der Waals surface area contributed by atoms with Crippen LogP contribution in [0.4, 0.5) is 13.2 Å². The Morgan fingerprint density at radius 2 is 1.87 bits per heavy atom. The number of carbonyl (C=O) groups is 1. The molecule has 1 aliphatic carbocycles. The zero-order valence-electron chi connectivity index (χ0n) is 15.8. The molecule has 0 unspecified atom stereocenters. The lowest BCUT2D eigenvalue weighted by atomic mass is 10.1. The number of hydrogen-bond donors (Lipinski definition) is 0. The van der Waals surface area contributed by atoms with Crippen LogP contribution in [0.3, 0.4) is 0 Å². The summed E-state index contributed by atoms with van der Waals surface area (Å²) in [6.45, 7) is 1.45. The summed E-state index contributed by atoms with van der Waals surface area (Å²) < 4.78 is 44.2. The topological polar surface area (TPSA) is 72.1 Å². The molecule has 0 aliphatic heterocycles. The Morgan fingerprint density at radius 3 is 2.47 bits per heavy atom. The third-order valence-electron chi connectivity index (χ3n) is 4.72. The Labute approximate surface area is 174 Å². The van der Waals surface area contributed by atoms with Gasteiger partial charge in [-0.15, -0.1) is 10.2 Å². The number of aryl methyl sites for hydroxylation is 1. The van der Waals surface area contributed by atoms with Crippen molar-refractivity contribution in [1.82, 2.24) is 20.1 Å². The van der Waals surface area contributed by atoms with E-state index in [9.17, 15) is 18.0 Å². The Kier molecular flexibility index (Phi) is 5.23. The van der Waals surface area contributed by atoms with Gasteiger partial charge in [0, 0.05) is 16.6 Å². The Balaban J connectivity index is 1.55. The second kappa shape index (κ2) is 7.71. The summed E-state index contributed by atoms with van der Waals surface area (Å²) in [6, 6.07) is 8.82. The number of hydrogen-bond acceptors (Lipinski definition) is 5. The van der Waals surface area contributed by atoms with Crippen LogP contribution in [0.5, 0.6) is 0 Å². The predicted molar refractivity (Wildman–Crippen MR) is 102 cm³/mol. The van der Waals surface area contributed by atoms with Crippen LogP contribution in [0.1, 0.15) is 40.5 Å². The van der Waals surface area contributed by atoms with Gasteiger partial charge in [0.1, 0.15) is 5.69 Å². The van der Waals surface area contributed by atoms with Crippen molar-refractivity contribution in [1.29, 1.82) is 0 Å². The van der Waals surface area contributed by atoms with Crippen molar-refractivity contribution in [3.63, 3.8) is 0 Å². The molecule has 30 heavy (non-hydrogen) atoms. The van der Waals surface area contributed by atoms with Crippen LogP contribution in [-0.4, -0.2) is 32.0 Å². The zero-order chi connectivity index (χ0) is 21.5. The van der Waals surface area contributed by atoms with E-state index in [2.05, 4.69) is 15.2 Å². The van der Waals surface area contributed by atoms with E-state index in [1.807, 2.05) is 0 Å². The minimum atomic E-state index is -4.57. The predicted octanol–water partition coefficient (Wildman–Crippen LogP) is 4.92. The number of alkyl halides is 3. The van der Waals surface area contributed by atoms with Crippen LogP contribution in [0.2, 0.25) is 5.02 Å². The lowest BCUT2D eigenvalue weighted by Gasteiger charge is -2.21. The lowest BCUT2D eigenvalue weighted by Crippen LogP contribution is -2.33. The molecule has 156 valence electrons. The fourth-order valence-corrected chi connectivity index (χ4v) is 3.15. The maximum atomic E-state index is 13.0. The van der Waals surface area contributed by atoms with Gasteiger partial charge in [-0.3, -0.25) is 4.79 Å². The first-order valence-corrected chi connectivity index (χ1v) is 9.54. The molecule has 1 aliphatic rings. The Hall–Kier alpha value is -2.94. The van der Waals surface area contributed by atoms with E-state index in [0.717, 1.165) is 25.0 Å². The smallest absolute Gasteiger partial charge is 0.419 e. The van der Waals surface area contributed by atoms with Crippen LogP contribution in [0, 0.1) is 6.92 Å². The van der Waals surface area contributed by atoms with Gasteiger partial charge in [-0.2, -0.15) is 13.2 Å². The van der Waals surface area contributed by atoms with Gasteiger partial charge in [-0.25, -0.2) is 4.98 Å². The minimum Gasteiger partial charge on any atom is -0.419 e. The van der Waals surface area contributed by atoms with Crippen molar-refractivity contribution in [3.05, 3.63) is 64.3 Å². The summed E-state index contributed by atoms with van der Waals surface area (Å²) in [7, 11) is 0. The van der Waals surface area contributed by atoms with Gasteiger partial charge < -0.3 is 9.32 Å². The van der Waals surface area contributed by atoms with Crippen molar-refractivity contribution >= 4 is 17.5 Å². The van der Waals surface area contributed by atoms with E-state index in [4.69, 9.17) is 16.0 Å². The summed E-state index contributed by atoms with van der Waals surface area (Å²) in [5.41, 5.74) is -0.204. The highest BCUT2D eigenvalue weighted by Crippen LogP contribution is 2.32. The third-order valence-corrected chi connectivity index (χ3v) is 4.97. The van der Waals surface area contributed by atoms with Gasteiger partial charge in [0.2, 0.25) is 11.8 Å². The van der Waals surface area contributed by atoms with Crippen molar-refractivity contribution in [3.8, 4) is 11.5 Å².